The van der Waals surface area contributed by atoms with E-state index in [0.29, 0.717) is 6.04 Å². The molecule has 1 unspecified atom stereocenters. The number of nitrogens with one attached hydrogen (secondary N) is 1. The quantitative estimate of drug-likeness (QED) is 0.867. The smallest absolute Gasteiger partial charge is 0.0621 e. The van der Waals surface area contributed by atoms with Crippen LogP contribution in [-0.2, 0) is 6.42 Å². The maximum Gasteiger partial charge on any atom is 0.0621 e. The molecule has 0 spiro atoms. The van der Waals surface area contributed by atoms with Gasteiger partial charge in [0.25, 0.3) is 0 Å². The van der Waals surface area contributed by atoms with E-state index in [2.05, 4.69) is 38.0 Å². The number of nitrogens with zero attached hydrogens (tertiary/aromatic N) is 1. The van der Waals surface area contributed by atoms with Gasteiger partial charge in [-0.3, -0.25) is 4.98 Å². The Kier molecular flexibility index (Phi) is 5.41. The topological polar surface area (TPSA) is 24.9 Å². The van der Waals surface area contributed by atoms with Crippen molar-refractivity contribution in [3.8, 4) is 0 Å². The van der Waals surface area contributed by atoms with Crippen LogP contribution in [-0.4, -0.2) is 17.6 Å². The van der Waals surface area contributed by atoms with Gasteiger partial charge in [-0.1, -0.05) is 39.3 Å². The summed E-state index contributed by atoms with van der Waals surface area (Å²) in [5.74, 6) is 0. The molecule has 1 aromatic heterocycles. The van der Waals surface area contributed by atoms with Crippen molar-refractivity contribution < 1.29 is 0 Å². The Morgan fingerprint density at radius 3 is 2.65 bits per heavy atom. The minimum atomic E-state index is 0.224. The average molecular weight is 255 g/mol. The zero-order valence-corrected chi connectivity index (χ0v) is 12.0. The molecule has 17 heavy (non-hydrogen) atoms. The highest BCUT2D eigenvalue weighted by Crippen LogP contribution is 2.25. The van der Waals surface area contributed by atoms with Crippen molar-refractivity contribution in [2.45, 2.75) is 46.6 Å². The van der Waals surface area contributed by atoms with Gasteiger partial charge in [0.2, 0.25) is 0 Å². The molecule has 96 valence electrons. The summed E-state index contributed by atoms with van der Waals surface area (Å²) >= 11 is 6.16. The van der Waals surface area contributed by atoms with Crippen LogP contribution in [0.5, 0.6) is 0 Å². The van der Waals surface area contributed by atoms with E-state index in [-0.39, 0.29) is 5.41 Å². The van der Waals surface area contributed by atoms with E-state index in [1.807, 2.05) is 6.07 Å². The second-order valence-corrected chi connectivity index (χ2v) is 5.95. The summed E-state index contributed by atoms with van der Waals surface area (Å²) in [6.45, 7) is 10.0. The molecule has 0 saturated heterocycles. The highest BCUT2D eigenvalue weighted by molar-refractivity contribution is 6.31. The van der Waals surface area contributed by atoms with Gasteiger partial charge in [-0.05, 0) is 36.4 Å². The fourth-order valence-corrected chi connectivity index (χ4v) is 1.99. The van der Waals surface area contributed by atoms with E-state index in [1.165, 1.54) is 5.56 Å². The maximum absolute atomic E-state index is 6.16. The van der Waals surface area contributed by atoms with Gasteiger partial charge in [-0.2, -0.15) is 0 Å². The number of halogens is 1. The first kappa shape index (κ1) is 14.5. The molecule has 0 aromatic carbocycles. The molecule has 0 saturated carbocycles. The lowest BCUT2D eigenvalue weighted by molar-refractivity contribution is 0.267. The SMILES string of the molecule is CCCNC(Cc1ccncc1Cl)C(C)(C)C. The van der Waals surface area contributed by atoms with Crippen LogP contribution in [0.2, 0.25) is 5.02 Å². The lowest BCUT2D eigenvalue weighted by atomic mass is 9.83. The number of hydrogen-bond donors (Lipinski definition) is 1. The maximum atomic E-state index is 6.16. The van der Waals surface area contributed by atoms with Gasteiger partial charge in [0.1, 0.15) is 0 Å². The minimum Gasteiger partial charge on any atom is -0.313 e. The molecule has 0 radical (unpaired) electrons. The lowest BCUT2D eigenvalue weighted by Crippen LogP contribution is -2.42. The van der Waals surface area contributed by atoms with Crippen molar-refractivity contribution in [2.75, 3.05) is 6.54 Å². The van der Waals surface area contributed by atoms with Crippen LogP contribution in [0.4, 0.5) is 0 Å². The summed E-state index contributed by atoms with van der Waals surface area (Å²) < 4.78 is 0. The third kappa shape index (κ3) is 4.64. The van der Waals surface area contributed by atoms with E-state index in [1.54, 1.807) is 12.4 Å². The minimum absolute atomic E-state index is 0.224. The summed E-state index contributed by atoms with van der Waals surface area (Å²) in [6.07, 6.45) is 5.62. The molecule has 0 aliphatic carbocycles. The zero-order valence-electron chi connectivity index (χ0n) is 11.3. The van der Waals surface area contributed by atoms with Crippen LogP contribution in [0.25, 0.3) is 0 Å². The van der Waals surface area contributed by atoms with E-state index >= 15 is 0 Å². The predicted molar refractivity (Wildman–Crippen MR) is 74.5 cm³/mol. The summed E-state index contributed by atoms with van der Waals surface area (Å²) in [7, 11) is 0. The van der Waals surface area contributed by atoms with Gasteiger partial charge < -0.3 is 5.32 Å². The third-order valence-electron chi connectivity index (χ3n) is 2.97. The van der Waals surface area contributed by atoms with Crippen LogP contribution in [0.1, 0.15) is 39.7 Å². The Bertz CT molecular complexity index is 344. The van der Waals surface area contributed by atoms with E-state index in [0.717, 1.165) is 24.4 Å². The first-order valence-corrected chi connectivity index (χ1v) is 6.64. The van der Waals surface area contributed by atoms with Crippen molar-refractivity contribution in [1.29, 1.82) is 0 Å². The van der Waals surface area contributed by atoms with Gasteiger partial charge in [0.15, 0.2) is 0 Å². The molecule has 1 heterocycles. The molecule has 0 amide bonds. The number of rotatable bonds is 5. The molecule has 1 aromatic rings. The van der Waals surface area contributed by atoms with Crippen molar-refractivity contribution in [3.05, 3.63) is 29.0 Å². The van der Waals surface area contributed by atoms with Crippen LogP contribution >= 0.6 is 11.6 Å². The van der Waals surface area contributed by atoms with Gasteiger partial charge in [0.05, 0.1) is 5.02 Å². The Balaban J connectivity index is 2.76. The molecule has 1 N–H and O–H groups in total. The van der Waals surface area contributed by atoms with Gasteiger partial charge >= 0.3 is 0 Å². The number of pyridine rings is 1. The van der Waals surface area contributed by atoms with Crippen LogP contribution < -0.4 is 5.32 Å². The molecular formula is C14H23ClN2. The summed E-state index contributed by atoms with van der Waals surface area (Å²) in [6, 6.07) is 2.44. The van der Waals surface area contributed by atoms with Crippen molar-refractivity contribution in [1.82, 2.24) is 10.3 Å². The van der Waals surface area contributed by atoms with Crippen molar-refractivity contribution >= 4 is 11.6 Å². The third-order valence-corrected chi connectivity index (χ3v) is 3.31. The Morgan fingerprint density at radius 1 is 1.41 bits per heavy atom. The van der Waals surface area contributed by atoms with Gasteiger partial charge in [-0.15, -0.1) is 0 Å². The fourth-order valence-electron chi connectivity index (χ4n) is 1.79. The molecule has 3 heteroatoms. The summed E-state index contributed by atoms with van der Waals surface area (Å²) in [5, 5.41) is 4.37. The summed E-state index contributed by atoms with van der Waals surface area (Å²) in [4.78, 5) is 4.02. The van der Waals surface area contributed by atoms with Crippen LogP contribution in [0.3, 0.4) is 0 Å². The Hall–Kier alpha value is -0.600. The lowest BCUT2D eigenvalue weighted by Gasteiger charge is -2.32. The zero-order chi connectivity index (χ0) is 12.9. The van der Waals surface area contributed by atoms with E-state index < -0.39 is 0 Å². The van der Waals surface area contributed by atoms with Crippen LogP contribution in [0, 0.1) is 5.41 Å². The molecule has 0 fully saturated rings. The van der Waals surface area contributed by atoms with E-state index in [9.17, 15) is 0 Å². The normalized spacial score (nSPS) is 13.7. The predicted octanol–water partition coefficient (Wildman–Crippen LogP) is 3.69. The number of aromatic nitrogens is 1. The first-order chi connectivity index (χ1) is 7.95. The highest BCUT2D eigenvalue weighted by Gasteiger charge is 2.24. The first-order valence-electron chi connectivity index (χ1n) is 6.27. The molecular weight excluding hydrogens is 232 g/mol. The summed E-state index contributed by atoms with van der Waals surface area (Å²) in [5.41, 5.74) is 1.40. The fraction of sp³-hybridized carbons (Fsp3) is 0.643. The molecule has 1 atom stereocenters. The monoisotopic (exact) mass is 254 g/mol. The second kappa shape index (κ2) is 6.36. The number of hydrogen-bond acceptors (Lipinski definition) is 2. The molecule has 0 bridgehead atoms. The average Bonchev–Trinajstić information content (AvgIpc) is 2.25. The van der Waals surface area contributed by atoms with Gasteiger partial charge in [-0.25, -0.2) is 0 Å². The molecule has 0 aliphatic heterocycles. The molecule has 0 aliphatic rings. The van der Waals surface area contributed by atoms with Crippen molar-refractivity contribution in [3.63, 3.8) is 0 Å². The highest BCUT2D eigenvalue weighted by atomic mass is 35.5. The second-order valence-electron chi connectivity index (χ2n) is 5.54. The Morgan fingerprint density at radius 2 is 2.12 bits per heavy atom. The molecule has 2 nitrogen and oxygen atoms in total. The van der Waals surface area contributed by atoms with Crippen molar-refractivity contribution in [2.24, 2.45) is 5.41 Å². The standard InChI is InChI=1S/C14H23ClN2/c1-5-7-17-13(14(2,3)4)9-11-6-8-16-10-12(11)15/h6,8,10,13,17H,5,7,9H2,1-4H3. The Labute approximate surface area is 110 Å². The molecule has 1 rings (SSSR count). The van der Waals surface area contributed by atoms with Crippen LogP contribution in [0.15, 0.2) is 18.5 Å². The van der Waals surface area contributed by atoms with Gasteiger partial charge in [0, 0.05) is 18.4 Å². The largest absolute Gasteiger partial charge is 0.313 e. The van der Waals surface area contributed by atoms with E-state index in [4.69, 9.17) is 11.6 Å².